The molecule has 0 aromatic heterocycles. The van der Waals surface area contributed by atoms with Gasteiger partial charge >= 0.3 is 0 Å². The van der Waals surface area contributed by atoms with Gasteiger partial charge in [0, 0.05) is 18.7 Å². The van der Waals surface area contributed by atoms with Gasteiger partial charge in [-0.3, -0.25) is 10.1 Å². The van der Waals surface area contributed by atoms with Crippen molar-refractivity contribution in [2.24, 2.45) is 0 Å². The van der Waals surface area contributed by atoms with Crippen LogP contribution in [0.3, 0.4) is 0 Å². The smallest absolute Gasteiger partial charge is 0.270 e. The first-order valence-electron chi connectivity index (χ1n) is 6.31. The van der Waals surface area contributed by atoms with Gasteiger partial charge in [0.1, 0.15) is 0 Å². The van der Waals surface area contributed by atoms with Crippen molar-refractivity contribution in [2.75, 3.05) is 6.54 Å². The van der Waals surface area contributed by atoms with Gasteiger partial charge in [-0.15, -0.1) is 0 Å². The van der Waals surface area contributed by atoms with Gasteiger partial charge < -0.3 is 9.90 Å². The van der Waals surface area contributed by atoms with E-state index in [4.69, 9.17) is 0 Å². The highest BCUT2D eigenvalue weighted by molar-refractivity contribution is 7.89. The van der Waals surface area contributed by atoms with Crippen molar-refractivity contribution in [3.05, 3.63) is 34.4 Å². The fourth-order valence-corrected chi connectivity index (χ4v) is 4.01. The molecule has 1 fully saturated rings. The summed E-state index contributed by atoms with van der Waals surface area (Å²) in [5, 5.41) is 21.8. The van der Waals surface area contributed by atoms with Crippen LogP contribution in [0.4, 0.5) is 5.69 Å². The minimum absolute atomic E-state index is 0.0592. The quantitative estimate of drug-likeness (QED) is 0.564. The number of piperidine rings is 1. The van der Waals surface area contributed by atoms with Crippen molar-refractivity contribution in [1.29, 1.82) is 0 Å². The lowest BCUT2D eigenvalue weighted by Crippen LogP contribution is -2.52. The molecule has 9 heteroatoms. The van der Waals surface area contributed by atoms with Crippen LogP contribution in [0.25, 0.3) is 0 Å². The number of hydrogen-bond donors (Lipinski definition) is 0. The van der Waals surface area contributed by atoms with Gasteiger partial charge in [0.15, 0.2) is 0 Å². The predicted molar refractivity (Wildman–Crippen MR) is 69.6 cm³/mol. The number of rotatable bonds is 4. The van der Waals surface area contributed by atoms with Crippen LogP contribution >= 0.6 is 0 Å². The highest BCUT2D eigenvalue weighted by Gasteiger charge is 2.34. The molecule has 1 atom stereocenters. The minimum atomic E-state index is -4.10. The first-order valence-corrected chi connectivity index (χ1v) is 7.75. The summed E-state index contributed by atoms with van der Waals surface area (Å²) < 4.78 is 25.8. The number of hydrogen-bond acceptors (Lipinski definition) is 6. The standard InChI is InChI=1S/C12H14N2O6S/c15-12(16)11-6-1-2-7-13(11)21(19,20)10-5-3-4-9(8-10)14(17)18/h3-5,8,11H,1-2,6-7H2,(H,15,16)/p-1/t11-/m1/s1. The van der Waals surface area contributed by atoms with Gasteiger partial charge in [-0.05, 0) is 18.9 Å². The highest BCUT2D eigenvalue weighted by atomic mass is 32.2. The molecule has 0 radical (unpaired) electrons. The molecule has 114 valence electrons. The van der Waals surface area contributed by atoms with Crippen molar-refractivity contribution in [3.63, 3.8) is 0 Å². The first kappa shape index (κ1) is 15.4. The van der Waals surface area contributed by atoms with E-state index in [2.05, 4.69) is 0 Å². The third kappa shape index (κ3) is 3.03. The number of benzene rings is 1. The Hall–Kier alpha value is -2.00. The number of nitrogens with zero attached hydrogens (tertiary/aromatic N) is 2. The van der Waals surface area contributed by atoms with Crippen LogP contribution in [0.5, 0.6) is 0 Å². The molecule has 1 aromatic rings. The first-order chi connectivity index (χ1) is 9.84. The number of carboxylic acids is 1. The molecule has 1 aliphatic heterocycles. The van der Waals surface area contributed by atoms with E-state index >= 15 is 0 Å². The summed E-state index contributed by atoms with van der Waals surface area (Å²) in [6.45, 7) is 0.0592. The number of aliphatic carboxylic acids is 1. The molecule has 0 bridgehead atoms. The largest absolute Gasteiger partial charge is 0.548 e. The average molecular weight is 313 g/mol. The monoisotopic (exact) mass is 313 g/mol. The Labute approximate surface area is 121 Å². The molecule has 0 aliphatic carbocycles. The summed E-state index contributed by atoms with van der Waals surface area (Å²) in [6, 6.07) is 3.33. The van der Waals surface area contributed by atoms with E-state index in [9.17, 15) is 28.4 Å². The molecule has 1 heterocycles. The van der Waals surface area contributed by atoms with E-state index in [1.165, 1.54) is 18.2 Å². The van der Waals surface area contributed by atoms with Crippen LogP contribution in [-0.2, 0) is 14.8 Å². The second-order valence-electron chi connectivity index (χ2n) is 4.70. The molecule has 0 spiro atoms. The molecule has 0 unspecified atom stereocenters. The van der Waals surface area contributed by atoms with Crippen LogP contribution in [0.15, 0.2) is 29.2 Å². The summed E-state index contributed by atoms with van der Waals surface area (Å²) in [5.74, 6) is -1.45. The molecule has 0 amide bonds. The molecule has 1 aliphatic rings. The van der Waals surface area contributed by atoms with Crippen molar-refractivity contribution >= 4 is 21.7 Å². The lowest BCUT2D eigenvalue weighted by Gasteiger charge is -2.35. The number of sulfonamides is 1. The fourth-order valence-electron chi connectivity index (χ4n) is 2.32. The van der Waals surface area contributed by atoms with E-state index < -0.39 is 27.0 Å². The number of carboxylic acid groups (broad SMARTS) is 1. The van der Waals surface area contributed by atoms with Crippen LogP contribution < -0.4 is 5.11 Å². The zero-order chi connectivity index (χ0) is 15.6. The maximum absolute atomic E-state index is 12.5. The molecular weight excluding hydrogens is 300 g/mol. The van der Waals surface area contributed by atoms with Crippen LogP contribution in [-0.4, -0.2) is 36.2 Å². The average Bonchev–Trinajstić information content (AvgIpc) is 2.47. The molecule has 8 nitrogen and oxygen atoms in total. The summed E-state index contributed by atoms with van der Waals surface area (Å²) in [7, 11) is -4.10. The summed E-state index contributed by atoms with van der Waals surface area (Å²) in [4.78, 5) is 20.8. The zero-order valence-electron chi connectivity index (χ0n) is 11.0. The van der Waals surface area contributed by atoms with Gasteiger partial charge in [0.2, 0.25) is 10.0 Å². The van der Waals surface area contributed by atoms with Crippen molar-refractivity contribution in [3.8, 4) is 0 Å². The second-order valence-corrected chi connectivity index (χ2v) is 6.59. The van der Waals surface area contributed by atoms with E-state index in [1.54, 1.807) is 0 Å². The third-order valence-electron chi connectivity index (χ3n) is 3.36. The minimum Gasteiger partial charge on any atom is -0.548 e. The van der Waals surface area contributed by atoms with Gasteiger partial charge in [0.05, 0.1) is 21.8 Å². The molecule has 0 N–H and O–H groups in total. The normalized spacial score (nSPS) is 20.1. The molecule has 0 saturated carbocycles. The Bertz CT molecular complexity index is 672. The fraction of sp³-hybridized carbons (Fsp3) is 0.417. The third-order valence-corrected chi connectivity index (χ3v) is 5.26. The predicted octanol–water partition coefficient (Wildman–Crippen LogP) is -0.112. The Morgan fingerprint density at radius 3 is 2.67 bits per heavy atom. The van der Waals surface area contributed by atoms with Gasteiger partial charge in [-0.2, -0.15) is 4.31 Å². The highest BCUT2D eigenvalue weighted by Crippen LogP contribution is 2.27. The Morgan fingerprint density at radius 2 is 2.05 bits per heavy atom. The van der Waals surface area contributed by atoms with Crippen molar-refractivity contribution < 1.29 is 23.2 Å². The number of nitro benzene ring substituents is 1. The molecule has 1 aromatic carbocycles. The van der Waals surface area contributed by atoms with Gasteiger partial charge in [-0.1, -0.05) is 12.5 Å². The number of carbonyl (C=O) groups excluding carboxylic acids is 1. The molecule has 2 rings (SSSR count). The Kier molecular flexibility index (Phi) is 4.24. The topological polar surface area (TPSA) is 121 Å². The lowest BCUT2D eigenvalue weighted by atomic mass is 10.1. The van der Waals surface area contributed by atoms with E-state index in [0.29, 0.717) is 12.8 Å². The van der Waals surface area contributed by atoms with Crippen LogP contribution in [0.2, 0.25) is 0 Å². The van der Waals surface area contributed by atoms with E-state index in [1.807, 2.05) is 0 Å². The van der Waals surface area contributed by atoms with E-state index in [-0.39, 0.29) is 23.5 Å². The van der Waals surface area contributed by atoms with Crippen molar-refractivity contribution in [1.82, 2.24) is 4.31 Å². The number of carbonyl (C=O) groups is 1. The summed E-state index contributed by atoms with van der Waals surface area (Å²) >= 11 is 0. The van der Waals surface area contributed by atoms with Gasteiger partial charge in [0.25, 0.3) is 5.69 Å². The number of non-ortho nitro benzene ring substituents is 1. The Balaban J connectivity index is 2.43. The van der Waals surface area contributed by atoms with Crippen LogP contribution in [0.1, 0.15) is 19.3 Å². The molecule has 21 heavy (non-hydrogen) atoms. The van der Waals surface area contributed by atoms with Gasteiger partial charge in [-0.25, -0.2) is 8.42 Å². The molecular formula is C12H13N2O6S-. The molecule has 1 saturated heterocycles. The van der Waals surface area contributed by atoms with Crippen molar-refractivity contribution in [2.45, 2.75) is 30.2 Å². The maximum atomic E-state index is 12.5. The Morgan fingerprint density at radius 1 is 1.33 bits per heavy atom. The second kappa shape index (κ2) is 5.78. The summed E-state index contributed by atoms with van der Waals surface area (Å²) in [6.07, 6.45) is 1.31. The zero-order valence-corrected chi connectivity index (χ0v) is 11.8. The summed E-state index contributed by atoms with van der Waals surface area (Å²) in [5.41, 5.74) is -0.363. The van der Waals surface area contributed by atoms with Crippen LogP contribution in [0, 0.1) is 10.1 Å². The maximum Gasteiger partial charge on any atom is 0.270 e. The SMILES string of the molecule is O=C([O-])[C@H]1CCCCN1S(=O)(=O)c1cccc([N+](=O)[O-])c1. The lowest BCUT2D eigenvalue weighted by molar-refractivity contribution is -0.385. The van der Waals surface area contributed by atoms with E-state index in [0.717, 1.165) is 10.4 Å². The number of nitro groups is 1.